The summed E-state index contributed by atoms with van der Waals surface area (Å²) in [4.78, 5) is 41.3. The number of anilines is 2. The number of amides is 2. The lowest BCUT2D eigenvalue weighted by Crippen LogP contribution is -2.50. The van der Waals surface area contributed by atoms with Gasteiger partial charge in [0, 0.05) is 56.8 Å². The van der Waals surface area contributed by atoms with Crippen molar-refractivity contribution in [1.29, 1.82) is 5.26 Å². The predicted octanol–water partition coefficient (Wildman–Crippen LogP) is 0.159. The molecule has 0 bridgehead atoms. The number of benzene rings is 1. The zero-order valence-corrected chi connectivity index (χ0v) is 21.1. The molecular formula is C24H30N6O5S. The molecule has 0 radical (unpaired) electrons. The minimum atomic E-state index is -0.757. The number of esters is 1. The summed E-state index contributed by atoms with van der Waals surface area (Å²) in [5.74, 6) is -0.757. The highest BCUT2D eigenvalue weighted by molar-refractivity contribution is 7.07. The van der Waals surface area contributed by atoms with Gasteiger partial charge in [-0.05, 0) is 38.1 Å². The Morgan fingerprint density at radius 2 is 1.83 bits per heavy atom. The number of carbonyl (C=O) groups excluding carboxylic acids is 2. The summed E-state index contributed by atoms with van der Waals surface area (Å²) < 4.78 is 6.90. The van der Waals surface area contributed by atoms with Crippen LogP contribution in [0.4, 0.5) is 16.2 Å². The van der Waals surface area contributed by atoms with Crippen molar-refractivity contribution in [2.24, 2.45) is 0 Å². The first-order valence-corrected chi connectivity index (χ1v) is 12.5. The summed E-state index contributed by atoms with van der Waals surface area (Å²) in [6.07, 6.45) is 1.53. The Morgan fingerprint density at radius 3 is 2.42 bits per heavy atom. The Bertz CT molecular complexity index is 1290. The van der Waals surface area contributed by atoms with Gasteiger partial charge in [0.05, 0.1) is 13.2 Å². The molecule has 192 valence electrons. The second kappa shape index (κ2) is 12.9. The summed E-state index contributed by atoms with van der Waals surface area (Å²) in [6, 6.07) is 8.72. The van der Waals surface area contributed by atoms with E-state index >= 15 is 0 Å². The zero-order valence-electron chi connectivity index (χ0n) is 20.3. The fraction of sp³-hybridized carbons (Fsp3) is 0.417. The highest BCUT2D eigenvalue weighted by Gasteiger charge is 2.20. The number of carbonyl (C=O) groups is 2. The van der Waals surface area contributed by atoms with E-state index in [1.165, 1.54) is 10.8 Å². The fourth-order valence-electron chi connectivity index (χ4n) is 3.69. The van der Waals surface area contributed by atoms with Gasteiger partial charge < -0.3 is 25.4 Å². The van der Waals surface area contributed by atoms with Crippen LogP contribution < -0.4 is 25.4 Å². The van der Waals surface area contributed by atoms with Gasteiger partial charge in [-0.25, -0.2) is 9.59 Å². The van der Waals surface area contributed by atoms with Crippen LogP contribution >= 0.6 is 11.3 Å². The van der Waals surface area contributed by atoms with E-state index in [0.29, 0.717) is 42.1 Å². The third-order valence-electron chi connectivity index (χ3n) is 5.61. The van der Waals surface area contributed by atoms with Crippen molar-refractivity contribution in [2.75, 3.05) is 56.6 Å². The van der Waals surface area contributed by atoms with E-state index in [-0.39, 0.29) is 35.0 Å². The van der Waals surface area contributed by atoms with Crippen LogP contribution in [0.1, 0.15) is 13.8 Å². The van der Waals surface area contributed by atoms with Gasteiger partial charge in [-0.1, -0.05) is 0 Å². The van der Waals surface area contributed by atoms with E-state index in [2.05, 4.69) is 15.5 Å². The molecule has 0 unspecified atom stereocenters. The molecule has 0 aliphatic carbocycles. The maximum atomic E-state index is 12.8. The number of hydrogen-bond acceptors (Lipinski definition) is 9. The second-order valence-corrected chi connectivity index (χ2v) is 8.91. The Kier molecular flexibility index (Phi) is 9.63. The van der Waals surface area contributed by atoms with Crippen LogP contribution in [0.5, 0.6) is 0 Å². The van der Waals surface area contributed by atoms with Crippen LogP contribution in [-0.2, 0) is 16.1 Å². The Morgan fingerprint density at radius 1 is 1.17 bits per heavy atom. The van der Waals surface area contributed by atoms with Crippen LogP contribution in [0.3, 0.4) is 0 Å². The predicted molar refractivity (Wildman–Crippen MR) is 138 cm³/mol. The number of hydrogen-bond donors (Lipinski definition) is 3. The third kappa shape index (κ3) is 6.51. The molecule has 1 aliphatic heterocycles. The van der Waals surface area contributed by atoms with Gasteiger partial charge in [-0.15, -0.1) is 11.3 Å². The van der Waals surface area contributed by atoms with Crippen molar-refractivity contribution in [3.63, 3.8) is 0 Å². The number of nitriles is 1. The molecule has 1 fully saturated rings. The number of piperazine rings is 1. The lowest BCUT2D eigenvalue weighted by molar-refractivity contribution is -0.136. The van der Waals surface area contributed by atoms with Gasteiger partial charge in [0.25, 0.3) is 5.56 Å². The number of urea groups is 1. The average molecular weight is 515 g/mol. The molecule has 1 aromatic heterocycles. The largest absolute Gasteiger partial charge is 0.462 e. The first-order valence-electron chi connectivity index (χ1n) is 11.7. The SMILES string of the molecule is CCOC(=O)/C(C#N)=c1\s/c(=C/Nc2ccc(NC(=O)N3CCN(CCO)CC3)cc2)c(=O)n1CC. The van der Waals surface area contributed by atoms with Gasteiger partial charge in [0.15, 0.2) is 5.57 Å². The standard InChI is InChI=1S/C24H30N6O5S/c1-3-30-21(32)20(36-22(30)19(15-25)23(33)35-4-2)16-26-17-5-7-18(8-6-17)27-24(34)29-11-9-28(10-12-29)13-14-31/h5-8,16,26,31H,3-4,9-14H2,1-2H3,(H,27,34)/b20-16+,22-19-. The number of nitrogens with one attached hydrogen (secondary N) is 2. The number of aromatic nitrogens is 1. The zero-order chi connectivity index (χ0) is 26.1. The van der Waals surface area contributed by atoms with Crippen molar-refractivity contribution >= 4 is 46.5 Å². The normalized spacial score (nSPS) is 15.3. The molecule has 1 aliphatic rings. The summed E-state index contributed by atoms with van der Waals surface area (Å²) in [7, 11) is 0. The van der Waals surface area contributed by atoms with Gasteiger partial charge in [-0.2, -0.15) is 5.26 Å². The molecule has 2 amide bonds. The van der Waals surface area contributed by atoms with Crippen LogP contribution in [-0.4, -0.2) is 77.4 Å². The molecule has 2 heterocycles. The molecule has 0 saturated carbocycles. The molecule has 3 N–H and O–H groups in total. The molecule has 1 aromatic carbocycles. The Balaban J connectivity index is 1.70. The van der Waals surface area contributed by atoms with E-state index < -0.39 is 5.97 Å². The first-order chi connectivity index (χ1) is 17.4. The number of ether oxygens (including phenoxy) is 1. The second-order valence-electron chi connectivity index (χ2n) is 7.88. The first kappa shape index (κ1) is 26.9. The van der Waals surface area contributed by atoms with Crippen molar-refractivity contribution in [1.82, 2.24) is 14.4 Å². The van der Waals surface area contributed by atoms with Gasteiger partial charge in [0.1, 0.15) is 15.3 Å². The Hall–Kier alpha value is -3.66. The van der Waals surface area contributed by atoms with Crippen LogP contribution in [0.25, 0.3) is 11.8 Å². The molecule has 1 saturated heterocycles. The number of nitrogens with zero attached hydrogens (tertiary/aromatic N) is 4. The number of aliphatic hydroxyl groups is 1. The van der Waals surface area contributed by atoms with E-state index in [9.17, 15) is 19.6 Å². The molecular weight excluding hydrogens is 484 g/mol. The van der Waals surface area contributed by atoms with Crippen LogP contribution in [0, 0.1) is 11.3 Å². The minimum absolute atomic E-state index is 0.110. The number of aliphatic hydroxyl groups excluding tert-OH is 1. The maximum Gasteiger partial charge on any atom is 0.351 e. The van der Waals surface area contributed by atoms with Gasteiger partial charge >= 0.3 is 12.0 Å². The fourth-order valence-corrected chi connectivity index (χ4v) is 4.77. The van der Waals surface area contributed by atoms with Crippen LogP contribution in [0.15, 0.2) is 29.1 Å². The topological polar surface area (TPSA) is 140 Å². The molecule has 0 spiro atoms. The quantitative estimate of drug-likeness (QED) is 0.423. The van der Waals surface area contributed by atoms with E-state index in [1.807, 2.05) is 6.07 Å². The molecule has 0 atom stereocenters. The van der Waals surface area contributed by atoms with Crippen molar-refractivity contribution < 1.29 is 19.4 Å². The van der Waals surface area contributed by atoms with Crippen molar-refractivity contribution in [3.8, 4) is 6.07 Å². The average Bonchev–Trinajstić information content (AvgIpc) is 3.19. The van der Waals surface area contributed by atoms with E-state index in [1.54, 1.807) is 43.0 Å². The van der Waals surface area contributed by atoms with E-state index in [0.717, 1.165) is 24.4 Å². The lowest BCUT2D eigenvalue weighted by atomic mass is 10.2. The summed E-state index contributed by atoms with van der Waals surface area (Å²) >= 11 is 1.04. The third-order valence-corrected chi connectivity index (χ3v) is 6.74. The maximum absolute atomic E-state index is 12.8. The monoisotopic (exact) mass is 514 g/mol. The Labute approximate surface area is 212 Å². The highest BCUT2D eigenvalue weighted by atomic mass is 32.1. The molecule has 12 heteroatoms. The van der Waals surface area contributed by atoms with Gasteiger partial charge in [0.2, 0.25) is 0 Å². The number of β-amino-alcohol motifs (C(OH)–C–C–N with tert-alkyl or cyclic N) is 1. The number of rotatable bonds is 8. The van der Waals surface area contributed by atoms with Crippen molar-refractivity contribution in [3.05, 3.63) is 43.8 Å². The molecule has 2 aromatic rings. The molecule has 36 heavy (non-hydrogen) atoms. The summed E-state index contributed by atoms with van der Waals surface area (Å²) in [6.45, 7) is 7.21. The summed E-state index contributed by atoms with van der Waals surface area (Å²) in [5.41, 5.74) is 0.816. The van der Waals surface area contributed by atoms with E-state index in [4.69, 9.17) is 9.84 Å². The van der Waals surface area contributed by atoms with Crippen molar-refractivity contribution in [2.45, 2.75) is 20.4 Å². The highest BCUT2D eigenvalue weighted by Crippen LogP contribution is 2.14. The lowest BCUT2D eigenvalue weighted by Gasteiger charge is -2.34. The van der Waals surface area contributed by atoms with Crippen LogP contribution in [0.2, 0.25) is 0 Å². The van der Waals surface area contributed by atoms with Gasteiger partial charge in [-0.3, -0.25) is 14.3 Å². The minimum Gasteiger partial charge on any atom is -0.462 e. The smallest absolute Gasteiger partial charge is 0.351 e. The number of thiazole rings is 1. The summed E-state index contributed by atoms with van der Waals surface area (Å²) in [5, 5.41) is 24.4. The molecule has 3 rings (SSSR count). The molecule has 11 nitrogen and oxygen atoms in total.